The first-order valence-electron chi connectivity index (χ1n) is 5.97. The van der Waals surface area contributed by atoms with Crippen LogP contribution in [0.4, 0.5) is 0 Å². The van der Waals surface area contributed by atoms with E-state index in [2.05, 4.69) is 15.9 Å². The quantitative estimate of drug-likeness (QED) is 0.916. The number of halogens is 1. The van der Waals surface area contributed by atoms with Crippen LogP contribution >= 0.6 is 15.9 Å². The fourth-order valence-corrected chi connectivity index (χ4v) is 2.27. The van der Waals surface area contributed by atoms with Crippen molar-refractivity contribution in [3.05, 3.63) is 58.1 Å². The molecule has 0 atom stereocenters. The Kier molecular flexibility index (Phi) is 4.82. The second-order valence-electron chi connectivity index (χ2n) is 4.07. The first-order chi connectivity index (χ1) is 9.24. The van der Waals surface area contributed by atoms with Gasteiger partial charge in [-0.1, -0.05) is 40.2 Å². The van der Waals surface area contributed by atoms with Crippen molar-refractivity contribution >= 4 is 15.9 Å². The van der Waals surface area contributed by atoms with Gasteiger partial charge in [0.1, 0.15) is 6.61 Å². The van der Waals surface area contributed by atoms with Gasteiger partial charge in [-0.25, -0.2) is 0 Å². The second kappa shape index (κ2) is 6.59. The van der Waals surface area contributed by atoms with Gasteiger partial charge in [-0.15, -0.1) is 0 Å². The molecule has 4 heteroatoms. The first-order valence-corrected chi connectivity index (χ1v) is 6.77. The molecule has 0 radical (unpaired) electrons. The van der Waals surface area contributed by atoms with E-state index in [-0.39, 0.29) is 0 Å². The molecule has 0 amide bonds. The van der Waals surface area contributed by atoms with Gasteiger partial charge in [-0.3, -0.25) is 0 Å². The van der Waals surface area contributed by atoms with Gasteiger partial charge in [0.15, 0.2) is 11.5 Å². The molecule has 0 aromatic heterocycles. The highest BCUT2D eigenvalue weighted by Gasteiger charge is 2.05. The number of benzene rings is 2. The molecule has 0 saturated carbocycles. The fraction of sp³-hybridized carbons (Fsp3) is 0.200. The maximum absolute atomic E-state index is 5.78. The summed E-state index contributed by atoms with van der Waals surface area (Å²) in [6.07, 6.45) is 0. The van der Waals surface area contributed by atoms with Gasteiger partial charge in [0.25, 0.3) is 0 Å². The lowest BCUT2D eigenvalue weighted by molar-refractivity contribution is 0.284. The van der Waals surface area contributed by atoms with Crippen LogP contribution in [0.3, 0.4) is 0 Å². The highest BCUT2D eigenvalue weighted by Crippen LogP contribution is 2.28. The molecular weight excluding hydrogens is 306 g/mol. The highest BCUT2D eigenvalue weighted by atomic mass is 79.9. The Bertz CT molecular complexity index is 558. The van der Waals surface area contributed by atoms with Crippen LogP contribution in [0.2, 0.25) is 0 Å². The van der Waals surface area contributed by atoms with E-state index in [0.29, 0.717) is 13.2 Å². The SMILES string of the molecule is COc1ccccc1OCc1ccc(CN)cc1Br. The van der Waals surface area contributed by atoms with E-state index < -0.39 is 0 Å². The molecule has 0 heterocycles. The molecule has 0 aliphatic rings. The number of hydrogen-bond acceptors (Lipinski definition) is 3. The number of nitrogens with two attached hydrogens (primary N) is 1. The Hall–Kier alpha value is -1.52. The average Bonchev–Trinajstić information content (AvgIpc) is 2.46. The summed E-state index contributed by atoms with van der Waals surface area (Å²) in [6.45, 7) is 1.01. The molecule has 0 fully saturated rings. The Balaban J connectivity index is 2.10. The van der Waals surface area contributed by atoms with E-state index in [1.165, 1.54) is 0 Å². The molecule has 19 heavy (non-hydrogen) atoms. The van der Waals surface area contributed by atoms with E-state index in [1.807, 2.05) is 42.5 Å². The highest BCUT2D eigenvalue weighted by molar-refractivity contribution is 9.10. The van der Waals surface area contributed by atoms with Crippen LogP contribution in [0.5, 0.6) is 11.5 Å². The summed E-state index contributed by atoms with van der Waals surface area (Å²) in [5.74, 6) is 1.47. The Labute approximate surface area is 121 Å². The lowest BCUT2D eigenvalue weighted by Gasteiger charge is -2.11. The molecule has 0 spiro atoms. The van der Waals surface area contributed by atoms with Crippen LogP contribution in [0.25, 0.3) is 0 Å². The topological polar surface area (TPSA) is 44.5 Å². The zero-order chi connectivity index (χ0) is 13.7. The van der Waals surface area contributed by atoms with Gasteiger partial charge in [-0.2, -0.15) is 0 Å². The van der Waals surface area contributed by atoms with Gasteiger partial charge in [0.05, 0.1) is 7.11 Å². The van der Waals surface area contributed by atoms with Crippen molar-refractivity contribution in [1.29, 1.82) is 0 Å². The smallest absolute Gasteiger partial charge is 0.161 e. The van der Waals surface area contributed by atoms with E-state index in [1.54, 1.807) is 7.11 Å². The van der Waals surface area contributed by atoms with E-state index in [4.69, 9.17) is 15.2 Å². The lowest BCUT2D eigenvalue weighted by atomic mass is 10.1. The van der Waals surface area contributed by atoms with Crippen LogP contribution in [-0.4, -0.2) is 7.11 Å². The van der Waals surface area contributed by atoms with Crippen LogP contribution in [-0.2, 0) is 13.2 Å². The summed E-state index contributed by atoms with van der Waals surface area (Å²) in [7, 11) is 1.63. The molecule has 0 bridgehead atoms. The van der Waals surface area contributed by atoms with Crippen molar-refractivity contribution in [3.63, 3.8) is 0 Å². The Morgan fingerprint density at radius 3 is 2.47 bits per heavy atom. The zero-order valence-corrected chi connectivity index (χ0v) is 12.3. The normalized spacial score (nSPS) is 10.3. The monoisotopic (exact) mass is 321 g/mol. The third-order valence-corrected chi connectivity index (χ3v) is 3.54. The maximum atomic E-state index is 5.78. The average molecular weight is 322 g/mol. The molecular formula is C15H16BrNO2. The number of rotatable bonds is 5. The summed E-state index contributed by atoms with van der Waals surface area (Å²) in [5.41, 5.74) is 7.77. The van der Waals surface area contributed by atoms with Gasteiger partial charge >= 0.3 is 0 Å². The summed E-state index contributed by atoms with van der Waals surface area (Å²) in [4.78, 5) is 0. The molecule has 0 unspecified atom stereocenters. The zero-order valence-electron chi connectivity index (χ0n) is 10.7. The van der Waals surface area contributed by atoms with Crippen molar-refractivity contribution in [2.45, 2.75) is 13.2 Å². The number of ether oxygens (including phenoxy) is 2. The predicted molar refractivity (Wildman–Crippen MR) is 79.4 cm³/mol. The molecule has 0 saturated heterocycles. The van der Waals surface area contributed by atoms with E-state index >= 15 is 0 Å². The summed E-state index contributed by atoms with van der Waals surface area (Å²) < 4.78 is 12.0. The molecule has 2 aromatic rings. The van der Waals surface area contributed by atoms with Crippen molar-refractivity contribution in [3.8, 4) is 11.5 Å². The van der Waals surface area contributed by atoms with E-state index in [9.17, 15) is 0 Å². The number of methoxy groups -OCH3 is 1. The first kappa shape index (κ1) is 13.9. The molecule has 3 nitrogen and oxygen atoms in total. The third kappa shape index (κ3) is 3.49. The van der Waals surface area contributed by atoms with Crippen LogP contribution in [0, 0.1) is 0 Å². The van der Waals surface area contributed by atoms with Crippen molar-refractivity contribution < 1.29 is 9.47 Å². The van der Waals surface area contributed by atoms with Gasteiger partial charge in [-0.05, 0) is 23.8 Å². The van der Waals surface area contributed by atoms with Crippen LogP contribution in [0.1, 0.15) is 11.1 Å². The molecule has 2 N–H and O–H groups in total. The van der Waals surface area contributed by atoms with E-state index in [0.717, 1.165) is 27.1 Å². The summed E-state index contributed by atoms with van der Waals surface area (Å²) >= 11 is 3.53. The van der Waals surface area contributed by atoms with Gasteiger partial charge < -0.3 is 15.2 Å². The molecule has 2 aromatic carbocycles. The minimum atomic E-state index is 0.478. The molecule has 0 aliphatic heterocycles. The van der Waals surface area contributed by atoms with Crippen molar-refractivity contribution in [2.24, 2.45) is 5.73 Å². The van der Waals surface area contributed by atoms with Crippen molar-refractivity contribution in [2.75, 3.05) is 7.11 Å². The van der Waals surface area contributed by atoms with Crippen LogP contribution < -0.4 is 15.2 Å². The van der Waals surface area contributed by atoms with Crippen LogP contribution in [0.15, 0.2) is 46.9 Å². The Morgan fingerprint density at radius 1 is 1.11 bits per heavy atom. The maximum Gasteiger partial charge on any atom is 0.161 e. The minimum absolute atomic E-state index is 0.478. The minimum Gasteiger partial charge on any atom is -0.493 e. The van der Waals surface area contributed by atoms with Crippen molar-refractivity contribution in [1.82, 2.24) is 0 Å². The number of para-hydroxylation sites is 2. The second-order valence-corrected chi connectivity index (χ2v) is 4.92. The Morgan fingerprint density at radius 2 is 1.84 bits per heavy atom. The summed E-state index contributed by atoms with van der Waals surface area (Å²) in [6, 6.07) is 13.6. The molecule has 2 rings (SSSR count). The predicted octanol–water partition coefficient (Wildman–Crippen LogP) is 3.50. The lowest BCUT2D eigenvalue weighted by Crippen LogP contribution is -2.01. The standard InChI is InChI=1S/C15H16BrNO2/c1-18-14-4-2-3-5-15(14)19-10-12-7-6-11(9-17)8-13(12)16/h2-8H,9-10,17H2,1H3. The largest absolute Gasteiger partial charge is 0.493 e. The molecule has 0 aliphatic carbocycles. The summed E-state index contributed by atoms with van der Waals surface area (Å²) in [5, 5.41) is 0. The number of hydrogen-bond donors (Lipinski definition) is 1. The molecule has 100 valence electrons. The fourth-order valence-electron chi connectivity index (χ4n) is 1.73. The van der Waals surface area contributed by atoms with Gasteiger partial charge in [0.2, 0.25) is 0 Å². The van der Waals surface area contributed by atoms with Gasteiger partial charge in [0, 0.05) is 16.6 Å². The third-order valence-electron chi connectivity index (χ3n) is 2.81.